The highest BCUT2D eigenvalue weighted by atomic mass is 32.2. The van der Waals surface area contributed by atoms with Crippen molar-refractivity contribution in [3.8, 4) is 5.75 Å². The number of carbonyl (C=O) groups is 1. The molecule has 1 aliphatic heterocycles. The molecule has 1 fully saturated rings. The van der Waals surface area contributed by atoms with Crippen LogP contribution in [0.4, 0.5) is 0 Å². The Labute approximate surface area is 193 Å². The predicted molar refractivity (Wildman–Crippen MR) is 124 cm³/mol. The van der Waals surface area contributed by atoms with E-state index in [-0.39, 0.29) is 10.8 Å². The van der Waals surface area contributed by atoms with Crippen molar-refractivity contribution in [2.75, 3.05) is 20.2 Å². The second-order valence-corrected chi connectivity index (χ2v) is 10.1. The Morgan fingerprint density at radius 1 is 1.09 bits per heavy atom. The van der Waals surface area contributed by atoms with Gasteiger partial charge in [-0.15, -0.1) is 5.10 Å². The molecule has 1 saturated heterocycles. The lowest BCUT2D eigenvalue weighted by molar-refractivity contribution is -0.121. The SMILES string of the molecule is COc1ccc(CNC(=O)CCCn2nnc3cc(S(=O)(=O)N4CCCCC4)ccc32)cc1. The normalized spacial score (nSPS) is 14.9. The van der Waals surface area contributed by atoms with Gasteiger partial charge in [0, 0.05) is 32.6 Å². The Kier molecular flexibility index (Phi) is 7.24. The number of fused-ring (bicyclic) bond motifs is 1. The maximum Gasteiger partial charge on any atom is 0.243 e. The zero-order chi connectivity index (χ0) is 23.3. The Bertz CT molecular complexity index is 1200. The average Bonchev–Trinajstić information content (AvgIpc) is 3.26. The highest BCUT2D eigenvalue weighted by Gasteiger charge is 2.26. The molecule has 0 bridgehead atoms. The minimum Gasteiger partial charge on any atom is -0.497 e. The highest BCUT2D eigenvalue weighted by molar-refractivity contribution is 7.89. The molecule has 0 radical (unpaired) electrons. The van der Waals surface area contributed by atoms with Crippen LogP contribution in [0.3, 0.4) is 0 Å². The maximum atomic E-state index is 12.9. The number of rotatable bonds is 9. The van der Waals surface area contributed by atoms with Gasteiger partial charge in [0.2, 0.25) is 15.9 Å². The molecule has 9 nitrogen and oxygen atoms in total. The number of hydrogen-bond donors (Lipinski definition) is 1. The van der Waals surface area contributed by atoms with Gasteiger partial charge >= 0.3 is 0 Å². The van der Waals surface area contributed by atoms with E-state index < -0.39 is 10.0 Å². The van der Waals surface area contributed by atoms with Crippen molar-refractivity contribution in [3.05, 3.63) is 48.0 Å². The van der Waals surface area contributed by atoms with Gasteiger partial charge in [0.15, 0.2) is 0 Å². The van der Waals surface area contributed by atoms with Crippen molar-refractivity contribution in [2.24, 2.45) is 0 Å². The summed E-state index contributed by atoms with van der Waals surface area (Å²) in [5, 5.41) is 11.2. The van der Waals surface area contributed by atoms with Gasteiger partial charge in [-0.2, -0.15) is 4.31 Å². The molecular weight excluding hydrogens is 442 g/mol. The summed E-state index contributed by atoms with van der Waals surface area (Å²) in [6.45, 7) is 2.11. The summed E-state index contributed by atoms with van der Waals surface area (Å²) < 4.78 is 34.2. The molecule has 0 atom stereocenters. The summed E-state index contributed by atoms with van der Waals surface area (Å²) in [6.07, 6.45) is 3.81. The van der Waals surface area contributed by atoms with Gasteiger partial charge < -0.3 is 10.1 Å². The third-order valence-corrected chi connectivity index (χ3v) is 7.76. The molecule has 0 unspecified atom stereocenters. The van der Waals surface area contributed by atoms with Gasteiger partial charge in [0.1, 0.15) is 11.3 Å². The second kappa shape index (κ2) is 10.3. The first kappa shape index (κ1) is 23.2. The molecule has 1 amide bonds. The van der Waals surface area contributed by atoms with Crippen LogP contribution < -0.4 is 10.1 Å². The van der Waals surface area contributed by atoms with Crippen LogP contribution in [0.5, 0.6) is 5.75 Å². The van der Waals surface area contributed by atoms with Gasteiger partial charge in [-0.1, -0.05) is 23.8 Å². The lowest BCUT2D eigenvalue weighted by Crippen LogP contribution is -2.35. The van der Waals surface area contributed by atoms with Crippen molar-refractivity contribution < 1.29 is 17.9 Å². The molecular formula is C23H29N5O4S. The van der Waals surface area contributed by atoms with E-state index in [9.17, 15) is 13.2 Å². The Balaban J connectivity index is 1.31. The van der Waals surface area contributed by atoms with Crippen molar-refractivity contribution in [1.82, 2.24) is 24.6 Å². The van der Waals surface area contributed by atoms with E-state index in [4.69, 9.17) is 4.74 Å². The van der Waals surface area contributed by atoms with Crippen LogP contribution in [0, 0.1) is 0 Å². The van der Waals surface area contributed by atoms with E-state index in [1.54, 1.807) is 34.3 Å². The topological polar surface area (TPSA) is 106 Å². The standard InChI is InChI=1S/C23H29N5O4S/c1-32-19-9-7-18(8-10-19)17-24-23(29)6-5-15-28-22-12-11-20(16-21(22)25-26-28)33(30,31)27-13-3-2-4-14-27/h7-12,16H,2-6,13-15,17H2,1H3,(H,24,29). The van der Waals surface area contributed by atoms with Gasteiger partial charge in [-0.3, -0.25) is 4.79 Å². The molecule has 4 rings (SSSR count). The van der Waals surface area contributed by atoms with Crippen molar-refractivity contribution in [2.45, 2.75) is 50.1 Å². The molecule has 0 spiro atoms. The lowest BCUT2D eigenvalue weighted by atomic mass is 10.2. The van der Waals surface area contributed by atoms with Crippen LogP contribution in [0.2, 0.25) is 0 Å². The summed E-state index contributed by atoms with van der Waals surface area (Å²) in [7, 11) is -1.89. The van der Waals surface area contributed by atoms with Crippen molar-refractivity contribution in [1.29, 1.82) is 0 Å². The molecule has 2 heterocycles. The predicted octanol–water partition coefficient (Wildman–Crippen LogP) is 2.71. The molecule has 1 aromatic heterocycles. The fourth-order valence-electron chi connectivity index (χ4n) is 3.95. The van der Waals surface area contributed by atoms with Crippen LogP contribution in [-0.2, 0) is 27.9 Å². The Morgan fingerprint density at radius 2 is 1.85 bits per heavy atom. The first-order valence-electron chi connectivity index (χ1n) is 11.2. The number of nitrogens with one attached hydrogen (secondary N) is 1. The summed E-state index contributed by atoms with van der Waals surface area (Å²) >= 11 is 0. The summed E-state index contributed by atoms with van der Waals surface area (Å²) in [5.74, 6) is 0.742. The van der Waals surface area contributed by atoms with Gasteiger partial charge in [0.25, 0.3) is 0 Å². The summed E-state index contributed by atoms with van der Waals surface area (Å²) in [4.78, 5) is 12.4. The number of amides is 1. The molecule has 0 aliphatic carbocycles. The fraction of sp³-hybridized carbons (Fsp3) is 0.435. The van der Waals surface area contributed by atoms with Gasteiger partial charge in [-0.25, -0.2) is 13.1 Å². The zero-order valence-corrected chi connectivity index (χ0v) is 19.6. The third kappa shape index (κ3) is 5.51. The van der Waals surface area contributed by atoms with Crippen LogP contribution in [0.15, 0.2) is 47.4 Å². The molecule has 1 N–H and O–H groups in total. The van der Waals surface area contributed by atoms with Crippen LogP contribution >= 0.6 is 0 Å². The Morgan fingerprint density at radius 3 is 2.58 bits per heavy atom. The van der Waals surface area contributed by atoms with Crippen molar-refractivity contribution in [3.63, 3.8) is 0 Å². The van der Waals surface area contributed by atoms with Crippen molar-refractivity contribution >= 4 is 27.0 Å². The number of nitrogens with zero attached hydrogens (tertiary/aromatic N) is 4. The number of sulfonamides is 1. The van der Waals surface area contributed by atoms with E-state index in [0.717, 1.165) is 36.1 Å². The molecule has 0 saturated carbocycles. The first-order valence-corrected chi connectivity index (χ1v) is 12.6. The largest absolute Gasteiger partial charge is 0.497 e. The number of hydrogen-bond acceptors (Lipinski definition) is 6. The lowest BCUT2D eigenvalue weighted by Gasteiger charge is -2.25. The third-order valence-electron chi connectivity index (χ3n) is 5.86. The molecule has 10 heteroatoms. The first-order chi connectivity index (χ1) is 16.0. The number of aromatic nitrogens is 3. The minimum absolute atomic E-state index is 0.0369. The molecule has 2 aromatic carbocycles. The fourth-order valence-corrected chi connectivity index (χ4v) is 5.49. The van der Waals surface area contributed by atoms with E-state index in [1.807, 2.05) is 24.3 Å². The summed E-state index contributed by atoms with van der Waals surface area (Å²) in [5.41, 5.74) is 2.30. The van der Waals surface area contributed by atoms with E-state index in [0.29, 0.717) is 44.5 Å². The molecule has 1 aliphatic rings. The highest BCUT2D eigenvalue weighted by Crippen LogP contribution is 2.23. The minimum atomic E-state index is -3.51. The van der Waals surface area contributed by atoms with Crippen LogP contribution in [0.25, 0.3) is 11.0 Å². The van der Waals surface area contributed by atoms with Crippen LogP contribution in [0.1, 0.15) is 37.7 Å². The molecule has 176 valence electrons. The monoisotopic (exact) mass is 471 g/mol. The zero-order valence-electron chi connectivity index (χ0n) is 18.7. The number of benzene rings is 2. The molecule has 3 aromatic rings. The number of piperidine rings is 1. The van der Waals surface area contributed by atoms with E-state index >= 15 is 0 Å². The van der Waals surface area contributed by atoms with E-state index in [1.165, 1.54) is 0 Å². The average molecular weight is 472 g/mol. The van der Waals surface area contributed by atoms with E-state index in [2.05, 4.69) is 15.6 Å². The number of ether oxygens (including phenoxy) is 1. The number of aryl methyl sites for hydroxylation is 1. The Hall–Kier alpha value is -2.98. The smallest absolute Gasteiger partial charge is 0.243 e. The second-order valence-electron chi connectivity index (χ2n) is 8.16. The number of carbonyl (C=O) groups excluding carboxylic acids is 1. The molecule has 33 heavy (non-hydrogen) atoms. The number of methoxy groups -OCH3 is 1. The van der Waals surface area contributed by atoms with Gasteiger partial charge in [0.05, 0.1) is 17.5 Å². The maximum absolute atomic E-state index is 12.9. The van der Waals surface area contributed by atoms with Crippen LogP contribution in [-0.4, -0.2) is 53.8 Å². The summed E-state index contributed by atoms with van der Waals surface area (Å²) in [6, 6.07) is 12.5. The quantitative estimate of drug-likeness (QED) is 0.514. The van der Waals surface area contributed by atoms with Gasteiger partial charge in [-0.05, 0) is 55.2 Å².